The van der Waals surface area contributed by atoms with E-state index in [2.05, 4.69) is 16.3 Å². The Labute approximate surface area is 114 Å². The molecule has 19 heavy (non-hydrogen) atoms. The molecule has 1 aliphatic heterocycles. The number of carbonyl (C=O) groups excluding carboxylic acids is 1. The van der Waals surface area contributed by atoms with Crippen LogP contribution in [0, 0.1) is 16.7 Å². The number of benzene rings is 1. The second-order valence-corrected chi connectivity index (χ2v) is 5.37. The molecule has 1 atom stereocenters. The van der Waals surface area contributed by atoms with Gasteiger partial charge in [-0.3, -0.25) is 9.69 Å². The third kappa shape index (κ3) is 2.77. The summed E-state index contributed by atoms with van der Waals surface area (Å²) >= 11 is 0. The standard InChI is InChI=1S/C15H19N3O/c1-15(14(19)17-2)7-8-18(11-15)10-13-6-4-3-5-12(13)9-16/h3-6H,7-8,10-11H2,1-2H3,(H,17,19). The second-order valence-electron chi connectivity index (χ2n) is 5.37. The summed E-state index contributed by atoms with van der Waals surface area (Å²) < 4.78 is 0. The normalized spacial score (nSPS) is 23.0. The Morgan fingerprint density at radius 3 is 2.95 bits per heavy atom. The van der Waals surface area contributed by atoms with E-state index in [1.807, 2.05) is 31.2 Å². The van der Waals surface area contributed by atoms with Crippen LogP contribution in [0.5, 0.6) is 0 Å². The van der Waals surface area contributed by atoms with Gasteiger partial charge in [-0.1, -0.05) is 18.2 Å². The quantitative estimate of drug-likeness (QED) is 0.893. The maximum atomic E-state index is 11.9. The van der Waals surface area contributed by atoms with Gasteiger partial charge in [0.2, 0.25) is 5.91 Å². The van der Waals surface area contributed by atoms with Crippen molar-refractivity contribution in [2.45, 2.75) is 19.9 Å². The minimum absolute atomic E-state index is 0.101. The Bertz CT molecular complexity index is 520. The highest BCUT2D eigenvalue weighted by atomic mass is 16.2. The van der Waals surface area contributed by atoms with Gasteiger partial charge >= 0.3 is 0 Å². The minimum atomic E-state index is -0.309. The Morgan fingerprint density at radius 1 is 1.53 bits per heavy atom. The molecule has 1 aromatic rings. The van der Waals surface area contributed by atoms with Gasteiger partial charge in [0.05, 0.1) is 17.0 Å². The number of nitriles is 1. The van der Waals surface area contributed by atoms with Gasteiger partial charge in [-0.2, -0.15) is 5.26 Å². The van der Waals surface area contributed by atoms with Gasteiger partial charge < -0.3 is 5.32 Å². The highest BCUT2D eigenvalue weighted by Crippen LogP contribution is 2.31. The summed E-state index contributed by atoms with van der Waals surface area (Å²) in [6.07, 6.45) is 0.862. The van der Waals surface area contributed by atoms with E-state index in [0.29, 0.717) is 0 Å². The monoisotopic (exact) mass is 257 g/mol. The molecule has 1 amide bonds. The number of hydrogen-bond donors (Lipinski definition) is 1. The SMILES string of the molecule is CNC(=O)C1(C)CCN(Cc2ccccc2C#N)C1. The van der Waals surface area contributed by atoms with Crippen molar-refractivity contribution in [1.29, 1.82) is 5.26 Å². The number of amides is 1. The summed E-state index contributed by atoms with van der Waals surface area (Å²) in [5.41, 5.74) is 1.44. The molecule has 0 aromatic heterocycles. The van der Waals surface area contributed by atoms with Gasteiger partial charge in [-0.05, 0) is 31.5 Å². The lowest BCUT2D eigenvalue weighted by Crippen LogP contribution is -2.39. The Balaban J connectivity index is 2.07. The van der Waals surface area contributed by atoms with Crippen molar-refractivity contribution in [2.24, 2.45) is 5.41 Å². The van der Waals surface area contributed by atoms with E-state index in [0.717, 1.165) is 37.2 Å². The number of nitrogens with zero attached hydrogens (tertiary/aromatic N) is 2. The molecule has 0 saturated carbocycles. The molecule has 1 aromatic carbocycles. The van der Waals surface area contributed by atoms with Crippen LogP contribution in [0.3, 0.4) is 0 Å². The predicted octanol–water partition coefficient (Wildman–Crippen LogP) is 1.52. The Morgan fingerprint density at radius 2 is 2.26 bits per heavy atom. The third-order valence-electron chi connectivity index (χ3n) is 3.86. The van der Waals surface area contributed by atoms with Gasteiger partial charge in [-0.25, -0.2) is 0 Å². The van der Waals surface area contributed by atoms with E-state index < -0.39 is 0 Å². The summed E-state index contributed by atoms with van der Waals surface area (Å²) in [7, 11) is 1.68. The third-order valence-corrected chi connectivity index (χ3v) is 3.86. The Hall–Kier alpha value is -1.86. The van der Waals surface area contributed by atoms with Crippen LogP contribution in [0.1, 0.15) is 24.5 Å². The number of rotatable bonds is 3. The number of nitrogens with one attached hydrogen (secondary N) is 1. The molecule has 4 nitrogen and oxygen atoms in total. The predicted molar refractivity (Wildman–Crippen MR) is 73.2 cm³/mol. The van der Waals surface area contributed by atoms with Crippen molar-refractivity contribution >= 4 is 5.91 Å². The topological polar surface area (TPSA) is 56.1 Å². The van der Waals surface area contributed by atoms with Crippen LogP contribution in [-0.2, 0) is 11.3 Å². The Kier molecular flexibility index (Phi) is 3.87. The van der Waals surface area contributed by atoms with Gasteiger partial charge in [0, 0.05) is 20.1 Å². The van der Waals surface area contributed by atoms with Crippen LogP contribution in [0.4, 0.5) is 0 Å². The van der Waals surface area contributed by atoms with Crippen molar-refractivity contribution < 1.29 is 4.79 Å². The van der Waals surface area contributed by atoms with Crippen LogP contribution < -0.4 is 5.32 Å². The molecule has 4 heteroatoms. The average Bonchev–Trinajstić information content (AvgIpc) is 2.81. The largest absolute Gasteiger partial charge is 0.359 e. The van der Waals surface area contributed by atoms with Crippen molar-refractivity contribution in [3.8, 4) is 6.07 Å². The lowest BCUT2D eigenvalue weighted by atomic mass is 9.89. The molecule has 1 saturated heterocycles. The lowest BCUT2D eigenvalue weighted by Gasteiger charge is -2.23. The first kappa shape index (κ1) is 13.6. The summed E-state index contributed by atoms with van der Waals surface area (Å²) in [6, 6.07) is 9.86. The number of carbonyl (C=O) groups is 1. The molecule has 1 heterocycles. The molecule has 1 aliphatic rings. The zero-order valence-corrected chi connectivity index (χ0v) is 11.4. The smallest absolute Gasteiger partial charge is 0.227 e. The molecule has 0 spiro atoms. The van der Waals surface area contributed by atoms with Crippen molar-refractivity contribution in [3.05, 3.63) is 35.4 Å². The van der Waals surface area contributed by atoms with Crippen LogP contribution in [0.2, 0.25) is 0 Å². The van der Waals surface area contributed by atoms with E-state index >= 15 is 0 Å². The van der Waals surface area contributed by atoms with Crippen molar-refractivity contribution in [1.82, 2.24) is 10.2 Å². The molecule has 0 bridgehead atoms. The van der Waals surface area contributed by atoms with Crippen LogP contribution >= 0.6 is 0 Å². The molecule has 100 valence electrons. The summed E-state index contributed by atoms with van der Waals surface area (Å²) in [4.78, 5) is 14.1. The van der Waals surface area contributed by atoms with Crippen molar-refractivity contribution in [2.75, 3.05) is 20.1 Å². The molecular formula is C15H19N3O. The molecule has 1 N–H and O–H groups in total. The zero-order valence-electron chi connectivity index (χ0n) is 11.4. The fourth-order valence-corrected chi connectivity index (χ4v) is 2.69. The zero-order chi connectivity index (χ0) is 13.9. The van der Waals surface area contributed by atoms with E-state index in [1.54, 1.807) is 7.05 Å². The van der Waals surface area contributed by atoms with Gasteiger partial charge in [-0.15, -0.1) is 0 Å². The first-order valence-corrected chi connectivity index (χ1v) is 6.51. The highest BCUT2D eigenvalue weighted by molar-refractivity contribution is 5.82. The van der Waals surface area contributed by atoms with Crippen LogP contribution in [-0.4, -0.2) is 30.9 Å². The fraction of sp³-hybridized carbons (Fsp3) is 0.467. The van der Waals surface area contributed by atoms with Gasteiger partial charge in [0.1, 0.15) is 0 Å². The van der Waals surface area contributed by atoms with E-state index in [1.165, 1.54) is 0 Å². The molecular weight excluding hydrogens is 238 g/mol. The van der Waals surface area contributed by atoms with Crippen LogP contribution in [0.25, 0.3) is 0 Å². The van der Waals surface area contributed by atoms with E-state index in [4.69, 9.17) is 5.26 Å². The first-order chi connectivity index (χ1) is 9.09. The van der Waals surface area contributed by atoms with Gasteiger partial charge in [0.15, 0.2) is 0 Å². The fourth-order valence-electron chi connectivity index (χ4n) is 2.69. The molecule has 2 rings (SSSR count). The average molecular weight is 257 g/mol. The second kappa shape index (κ2) is 5.41. The summed E-state index contributed by atoms with van der Waals surface area (Å²) in [6.45, 7) is 4.37. The van der Waals surface area contributed by atoms with E-state index in [9.17, 15) is 4.79 Å². The van der Waals surface area contributed by atoms with Gasteiger partial charge in [0.25, 0.3) is 0 Å². The number of likely N-dealkylation sites (tertiary alicyclic amines) is 1. The highest BCUT2D eigenvalue weighted by Gasteiger charge is 2.39. The minimum Gasteiger partial charge on any atom is -0.359 e. The molecule has 1 fully saturated rings. The summed E-state index contributed by atoms with van der Waals surface area (Å²) in [5, 5.41) is 11.8. The van der Waals surface area contributed by atoms with Crippen molar-refractivity contribution in [3.63, 3.8) is 0 Å². The maximum Gasteiger partial charge on any atom is 0.227 e. The van der Waals surface area contributed by atoms with Crippen LogP contribution in [0.15, 0.2) is 24.3 Å². The maximum absolute atomic E-state index is 11.9. The molecule has 0 aliphatic carbocycles. The van der Waals surface area contributed by atoms with E-state index in [-0.39, 0.29) is 11.3 Å². The molecule has 0 radical (unpaired) electrons. The summed E-state index contributed by atoms with van der Waals surface area (Å²) in [5.74, 6) is 0.101. The lowest BCUT2D eigenvalue weighted by molar-refractivity contribution is -0.129. The first-order valence-electron chi connectivity index (χ1n) is 6.51. The number of hydrogen-bond acceptors (Lipinski definition) is 3. The molecule has 1 unspecified atom stereocenters.